The normalized spacial score (nSPS) is 13.0. The van der Waals surface area contributed by atoms with Crippen LogP contribution in [0.15, 0.2) is 30.3 Å². The van der Waals surface area contributed by atoms with Gasteiger partial charge in [0.25, 0.3) is 5.91 Å². The average Bonchev–Trinajstić information content (AvgIpc) is 3.03. The lowest BCUT2D eigenvalue weighted by Crippen LogP contribution is -2.28. The summed E-state index contributed by atoms with van der Waals surface area (Å²) in [7, 11) is 2.91. The number of amides is 1. The van der Waals surface area contributed by atoms with Gasteiger partial charge >= 0.3 is 5.97 Å². The lowest BCUT2D eigenvalue weighted by molar-refractivity contribution is 0.0601. The maximum atomic E-state index is 12.7. The van der Waals surface area contributed by atoms with Crippen LogP contribution in [0.3, 0.4) is 0 Å². The molecule has 0 spiro atoms. The Kier molecular flexibility index (Phi) is 4.01. The molecule has 1 aromatic carbocycles. The number of rotatable bonds is 3. The number of methoxy groups -OCH3 is 1. The zero-order valence-electron chi connectivity index (χ0n) is 13.0. The number of hydrogen-bond acceptors (Lipinski definition) is 5. The monoisotopic (exact) mass is 315 g/mol. The Morgan fingerprint density at radius 2 is 2.13 bits per heavy atom. The Hall–Kier alpha value is -2.83. The molecule has 0 N–H and O–H groups in total. The first kappa shape index (κ1) is 15.1. The van der Waals surface area contributed by atoms with Gasteiger partial charge in [-0.3, -0.25) is 4.79 Å². The molecule has 1 amide bonds. The summed E-state index contributed by atoms with van der Waals surface area (Å²) in [5.74, 6) is -0.214. The van der Waals surface area contributed by atoms with E-state index in [0.717, 1.165) is 13.0 Å². The molecule has 0 saturated heterocycles. The van der Waals surface area contributed by atoms with Crippen molar-refractivity contribution in [1.29, 1.82) is 0 Å². The third-order valence-electron chi connectivity index (χ3n) is 3.70. The molecule has 2 aromatic rings. The number of fused-ring (bicyclic) bond motifs is 1. The van der Waals surface area contributed by atoms with Gasteiger partial charge in [0.2, 0.25) is 5.88 Å². The van der Waals surface area contributed by atoms with Gasteiger partial charge in [0.1, 0.15) is 0 Å². The molecule has 1 aliphatic rings. The van der Waals surface area contributed by atoms with E-state index in [0.29, 0.717) is 23.7 Å². The fraction of sp³-hybridized carbons (Fsp3) is 0.312. The Labute approximate surface area is 133 Å². The third kappa shape index (κ3) is 2.77. The largest absolute Gasteiger partial charge is 0.478 e. The van der Waals surface area contributed by atoms with Crippen LogP contribution >= 0.6 is 0 Å². The predicted octanol–water partition coefficient (Wildman–Crippen LogP) is 1.73. The summed E-state index contributed by atoms with van der Waals surface area (Å²) in [6.45, 7) is 1.35. The van der Waals surface area contributed by atoms with E-state index in [1.54, 1.807) is 42.1 Å². The molecule has 0 bridgehead atoms. The lowest BCUT2D eigenvalue weighted by Gasteiger charge is -2.18. The van der Waals surface area contributed by atoms with Gasteiger partial charge in [-0.2, -0.15) is 5.10 Å². The molecule has 120 valence electrons. The number of aromatic nitrogens is 2. The molecule has 7 nitrogen and oxygen atoms in total. The Bertz CT molecular complexity index is 730. The van der Waals surface area contributed by atoms with Crippen LogP contribution in [0.25, 0.3) is 0 Å². The highest BCUT2D eigenvalue weighted by molar-refractivity contribution is 6.08. The minimum Gasteiger partial charge on any atom is -0.478 e. The maximum Gasteiger partial charge on any atom is 0.339 e. The number of benzene rings is 1. The number of hydrogen-bond donors (Lipinski definition) is 0. The van der Waals surface area contributed by atoms with Crippen LogP contribution in [-0.4, -0.2) is 42.4 Å². The van der Waals surface area contributed by atoms with Gasteiger partial charge in [0, 0.05) is 26.1 Å². The first-order valence-electron chi connectivity index (χ1n) is 7.28. The first-order chi connectivity index (χ1) is 11.1. The van der Waals surface area contributed by atoms with E-state index in [2.05, 4.69) is 5.10 Å². The molecule has 2 heterocycles. The van der Waals surface area contributed by atoms with E-state index in [4.69, 9.17) is 9.47 Å². The van der Waals surface area contributed by atoms with E-state index < -0.39 is 5.97 Å². The second kappa shape index (κ2) is 6.12. The van der Waals surface area contributed by atoms with E-state index in [9.17, 15) is 9.59 Å². The van der Waals surface area contributed by atoms with Crippen molar-refractivity contribution in [3.05, 3.63) is 41.6 Å². The summed E-state index contributed by atoms with van der Waals surface area (Å²) in [6.07, 6.45) is 0.864. The number of anilines is 1. The molecule has 0 radical (unpaired) electrons. The Morgan fingerprint density at radius 3 is 2.87 bits per heavy atom. The molecule has 0 saturated carbocycles. The van der Waals surface area contributed by atoms with E-state index in [-0.39, 0.29) is 11.6 Å². The second-order valence-corrected chi connectivity index (χ2v) is 5.17. The second-order valence-electron chi connectivity index (χ2n) is 5.17. The van der Waals surface area contributed by atoms with Crippen molar-refractivity contribution in [2.24, 2.45) is 0 Å². The zero-order chi connectivity index (χ0) is 16.4. The van der Waals surface area contributed by atoms with Crippen molar-refractivity contribution in [2.45, 2.75) is 13.0 Å². The molecule has 1 aromatic heterocycles. The van der Waals surface area contributed by atoms with Gasteiger partial charge in [-0.15, -0.1) is 0 Å². The van der Waals surface area contributed by atoms with Crippen molar-refractivity contribution >= 4 is 17.6 Å². The quantitative estimate of drug-likeness (QED) is 0.807. The maximum absolute atomic E-state index is 12.7. The van der Waals surface area contributed by atoms with Gasteiger partial charge in [0.05, 0.1) is 25.0 Å². The van der Waals surface area contributed by atoms with Crippen LogP contribution < -0.4 is 9.64 Å². The summed E-state index contributed by atoms with van der Waals surface area (Å²) in [5, 5.41) is 4.28. The SMILES string of the molecule is COC(=O)c1ccccc1N(C)C(=O)c1cc2n(n1)CCCO2. The fourth-order valence-electron chi connectivity index (χ4n) is 2.50. The summed E-state index contributed by atoms with van der Waals surface area (Å²) < 4.78 is 11.9. The van der Waals surface area contributed by atoms with Crippen LogP contribution in [0.4, 0.5) is 5.69 Å². The lowest BCUT2D eigenvalue weighted by atomic mass is 10.1. The van der Waals surface area contributed by atoms with Gasteiger partial charge in [-0.05, 0) is 12.1 Å². The van der Waals surface area contributed by atoms with Crippen LogP contribution in [0.1, 0.15) is 27.3 Å². The molecule has 1 aliphatic heterocycles. The predicted molar refractivity (Wildman–Crippen MR) is 82.9 cm³/mol. The van der Waals surface area contributed by atoms with Crippen LogP contribution in [0.2, 0.25) is 0 Å². The average molecular weight is 315 g/mol. The topological polar surface area (TPSA) is 73.7 Å². The number of aryl methyl sites for hydroxylation is 1. The number of para-hydroxylation sites is 1. The highest BCUT2D eigenvalue weighted by Crippen LogP contribution is 2.24. The van der Waals surface area contributed by atoms with Crippen molar-refractivity contribution in [2.75, 3.05) is 25.7 Å². The molecule has 0 fully saturated rings. The Balaban J connectivity index is 1.91. The molecule has 0 unspecified atom stereocenters. The van der Waals surface area contributed by atoms with Crippen molar-refractivity contribution < 1.29 is 19.1 Å². The van der Waals surface area contributed by atoms with Crippen LogP contribution in [0.5, 0.6) is 5.88 Å². The Morgan fingerprint density at radius 1 is 1.35 bits per heavy atom. The van der Waals surface area contributed by atoms with Crippen molar-refractivity contribution in [3.63, 3.8) is 0 Å². The van der Waals surface area contributed by atoms with Gasteiger partial charge < -0.3 is 14.4 Å². The highest BCUT2D eigenvalue weighted by Gasteiger charge is 2.24. The van der Waals surface area contributed by atoms with Gasteiger partial charge in [-0.1, -0.05) is 12.1 Å². The van der Waals surface area contributed by atoms with Gasteiger partial charge in [0.15, 0.2) is 5.69 Å². The smallest absolute Gasteiger partial charge is 0.339 e. The van der Waals surface area contributed by atoms with Crippen LogP contribution in [-0.2, 0) is 11.3 Å². The first-order valence-corrected chi connectivity index (χ1v) is 7.28. The standard InChI is InChI=1S/C16H17N3O4/c1-18(13-7-4-3-6-11(13)16(21)22-2)15(20)12-10-14-19(17-12)8-5-9-23-14/h3-4,6-7,10H,5,8-9H2,1-2H3. The van der Waals surface area contributed by atoms with Crippen molar-refractivity contribution in [3.8, 4) is 5.88 Å². The van der Waals surface area contributed by atoms with E-state index in [1.165, 1.54) is 12.0 Å². The summed E-state index contributed by atoms with van der Waals surface area (Å²) in [6, 6.07) is 8.41. The minimum atomic E-state index is -0.493. The molecule has 0 aliphatic carbocycles. The van der Waals surface area contributed by atoms with Crippen molar-refractivity contribution in [1.82, 2.24) is 9.78 Å². The van der Waals surface area contributed by atoms with Crippen LogP contribution in [0, 0.1) is 0 Å². The summed E-state index contributed by atoms with van der Waals surface area (Å²) in [5.41, 5.74) is 1.08. The molecule has 3 rings (SSSR count). The molecular weight excluding hydrogens is 298 g/mol. The van der Waals surface area contributed by atoms with Gasteiger partial charge in [-0.25, -0.2) is 9.48 Å². The minimum absolute atomic E-state index is 0.282. The molecular formula is C16H17N3O4. The molecule has 0 atom stereocenters. The number of ether oxygens (including phenoxy) is 2. The third-order valence-corrected chi connectivity index (χ3v) is 3.70. The highest BCUT2D eigenvalue weighted by atomic mass is 16.5. The summed E-state index contributed by atoms with van der Waals surface area (Å²) in [4.78, 5) is 25.9. The summed E-state index contributed by atoms with van der Waals surface area (Å²) >= 11 is 0. The van der Waals surface area contributed by atoms with E-state index >= 15 is 0 Å². The molecule has 7 heteroatoms. The number of esters is 1. The van der Waals surface area contributed by atoms with E-state index in [1.807, 2.05) is 0 Å². The zero-order valence-corrected chi connectivity index (χ0v) is 13.0. The molecule has 23 heavy (non-hydrogen) atoms. The fourth-order valence-corrected chi connectivity index (χ4v) is 2.50. The number of carbonyl (C=O) groups is 2. The number of nitrogens with zero attached hydrogens (tertiary/aromatic N) is 3. The number of carbonyl (C=O) groups excluding carboxylic acids is 2.